The Morgan fingerprint density at radius 2 is 2.05 bits per heavy atom. The molecular weight excluding hydrogens is 255 g/mol. The predicted octanol–water partition coefficient (Wildman–Crippen LogP) is 0.268. The van der Waals surface area contributed by atoms with Crippen molar-refractivity contribution in [2.24, 2.45) is 5.73 Å². The number of benzene rings is 1. The van der Waals surface area contributed by atoms with Gasteiger partial charge in [-0.2, -0.15) is 0 Å². The molecule has 0 fully saturated rings. The number of carbonyl (C=O) groups is 2. The van der Waals surface area contributed by atoms with Gasteiger partial charge in [-0.05, 0) is 12.1 Å². The smallest absolute Gasteiger partial charge is 0.358 e. The number of aromatic carboxylic acids is 1. The first-order chi connectivity index (χ1) is 9.00. The third-order valence-electron chi connectivity index (χ3n) is 2.37. The fraction of sp³-hybridized carbons (Fsp3) is 0.0909. The third-order valence-corrected chi connectivity index (χ3v) is 2.37. The molecule has 0 saturated heterocycles. The molecule has 0 radical (unpaired) electrons. The maximum absolute atomic E-state index is 13.7. The highest BCUT2D eigenvalue weighted by atomic mass is 19.1. The number of nitrogens with two attached hydrogens (primary N) is 1. The molecule has 0 unspecified atom stereocenters. The Hall–Kier alpha value is -2.77. The van der Waals surface area contributed by atoms with Gasteiger partial charge in [0.25, 0.3) is 0 Å². The number of primary amides is 1. The SMILES string of the molecule is NC(=O)Cn1nnc(C(=O)O)c1-c1ccccc1F. The zero-order chi connectivity index (χ0) is 14.0. The molecule has 2 rings (SSSR count). The molecule has 2 aromatic rings. The summed E-state index contributed by atoms with van der Waals surface area (Å²) in [6, 6.07) is 5.54. The van der Waals surface area contributed by atoms with Gasteiger partial charge >= 0.3 is 5.97 Å². The van der Waals surface area contributed by atoms with E-state index < -0.39 is 23.4 Å². The lowest BCUT2D eigenvalue weighted by Gasteiger charge is -2.06. The van der Waals surface area contributed by atoms with Gasteiger partial charge in [-0.1, -0.05) is 17.3 Å². The summed E-state index contributed by atoms with van der Waals surface area (Å²) in [7, 11) is 0. The first-order valence-corrected chi connectivity index (χ1v) is 5.20. The van der Waals surface area contributed by atoms with Crippen molar-refractivity contribution in [3.63, 3.8) is 0 Å². The number of halogens is 1. The fourth-order valence-electron chi connectivity index (χ4n) is 1.64. The summed E-state index contributed by atoms with van der Waals surface area (Å²) in [6.45, 7) is -0.385. The minimum absolute atomic E-state index is 0.00819. The van der Waals surface area contributed by atoms with E-state index in [1.54, 1.807) is 0 Å². The molecule has 7 nitrogen and oxygen atoms in total. The monoisotopic (exact) mass is 264 g/mol. The number of hydrogen-bond donors (Lipinski definition) is 2. The van der Waals surface area contributed by atoms with Crippen molar-refractivity contribution in [1.29, 1.82) is 0 Å². The lowest BCUT2D eigenvalue weighted by molar-refractivity contribution is -0.118. The molecule has 0 aliphatic carbocycles. The van der Waals surface area contributed by atoms with Crippen LogP contribution in [-0.2, 0) is 11.3 Å². The van der Waals surface area contributed by atoms with E-state index in [0.717, 1.165) is 4.68 Å². The second-order valence-corrected chi connectivity index (χ2v) is 3.70. The second kappa shape index (κ2) is 4.84. The lowest BCUT2D eigenvalue weighted by Crippen LogP contribution is -2.20. The van der Waals surface area contributed by atoms with Gasteiger partial charge in [0.05, 0.1) is 0 Å². The summed E-state index contributed by atoms with van der Waals surface area (Å²) in [5.41, 5.74) is 4.49. The quantitative estimate of drug-likeness (QED) is 0.823. The molecule has 1 heterocycles. The number of nitrogens with zero attached hydrogens (tertiary/aromatic N) is 3. The third kappa shape index (κ3) is 2.41. The van der Waals surface area contributed by atoms with E-state index in [2.05, 4.69) is 10.3 Å². The van der Waals surface area contributed by atoms with Crippen LogP contribution in [0, 0.1) is 5.82 Å². The summed E-state index contributed by atoms with van der Waals surface area (Å²) in [6.07, 6.45) is 0. The highest BCUT2D eigenvalue weighted by Crippen LogP contribution is 2.25. The van der Waals surface area contributed by atoms with Crippen LogP contribution in [0.1, 0.15) is 10.5 Å². The standard InChI is InChI=1S/C11H9FN4O3/c12-7-4-2-1-3-6(7)10-9(11(18)19)14-15-16(10)5-8(13)17/h1-4H,5H2,(H2,13,17)(H,18,19). The Kier molecular flexibility index (Phi) is 3.23. The molecule has 0 bridgehead atoms. The summed E-state index contributed by atoms with van der Waals surface area (Å²) in [5, 5.41) is 15.9. The molecule has 0 spiro atoms. The highest BCUT2D eigenvalue weighted by molar-refractivity contribution is 5.93. The van der Waals surface area contributed by atoms with Gasteiger partial charge in [0.2, 0.25) is 5.91 Å². The Morgan fingerprint density at radius 3 is 2.63 bits per heavy atom. The molecule has 0 saturated carbocycles. The largest absolute Gasteiger partial charge is 0.476 e. The van der Waals surface area contributed by atoms with Gasteiger partial charge < -0.3 is 10.8 Å². The molecule has 1 aromatic heterocycles. The lowest BCUT2D eigenvalue weighted by atomic mass is 10.1. The van der Waals surface area contributed by atoms with Crippen molar-refractivity contribution in [1.82, 2.24) is 15.0 Å². The summed E-state index contributed by atoms with van der Waals surface area (Å²) in [5.74, 6) is -2.74. The maximum atomic E-state index is 13.7. The zero-order valence-electron chi connectivity index (χ0n) is 9.58. The van der Waals surface area contributed by atoms with E-state index in [4.69, 9.17) is 10.8 Å². The van der Waals surface area contributed by atoms with E-state index in [0.29, 0.717) is 0 Å². The van der Waals surface area contributed by atoms with Crippen LogP contribution in [0.15, 0.2) is 24.3 Å². The van der Waals surface area contributed by atoms with Gasteiger partial charge in [-0.3, -0.25) is 4.79 Å². The molecule has 0 aliphatic rings. The van der Waals surface area contributed by atoms with Gasteiger partial charge in [0, 0.05) is 5.56 Å². The molecule has 19 heavy (non-hydrogen) atoms. The van der Waals surface area contributed by atoms with Crippen molar-refractivity contribution in [3.05, 3.63) is 35.8 Å². The number of hydrogen-bond acceptors (Lipinski definition) is 4. The molecule has 98 valence electrons. The average molecular weight is 264 g/mol. The van der Waals surface area contributed by atoms with Crippen LogP contribution in [0.25, 0.3) is 11.3 Å². The van der Waals surface area contributed by atoms with Crippen LogP contribution in [0.4, 0.5) is 4.39 Å². The van der Waals surface area contributed by atoms with E-state index in [9.17, 15) is 14.0 Å². The van der Waals surface area contributed by atoms with Crippen LogP contribution < -0.4 is 5.73 Å². The maximum Gasteiger partial charge on any atom is 0.358 e. The van der Waals surface area contributed by atoms with E-state index in [1.807, 2.05) is 0 Å². The van der Waals surface area contributed by atoms with Crippen molar-refractivity contribution < 1.29 is 19.1 Å². The summed E-state index contributed by atoms with van der Waals surface area (Å²) >= 11 is 0. The number of carboxylic acid groups (broad SMARTS) is 1. The topological polar surface area (TPSA) is 111 Å². The van der Waals surface area contributed by atoms with Gasteiger partial charge in [0.1, 0.15) is 18.1 Å². The molecule has 8 heteroatoms. The van der Waals surface area contributed by atoms with E-state index >= 15 is 0 Å². The molecule has 1 amide bonds. The summed E-state index contributed by atoms with van der Waals surface area (Å²) < 4.78 is 14.7. The van der Waals surface area contributed by atoms with Crippen LogP contribution in [0.3, 0.4) is 0 Å². The molecule has 0 atom stereocenters. The van der Waals surface area contributed by atoms with Gasteiger partial charge in [-0.15, -0.1) is 5.10 Å². The number of carbonyl (C=O) groups excluding carboxylic acids is 1. The van der Waals surface area contributed by atoms with Crippen molar-refractivity contribution in [2.45, 2.75) is 6.54 Å². The van der Waals surface area contributed by atoms with E-state index in [-0.39, 0.29) is 17.8 Å². The normalized spacial score (nSPS) is 10.4. The second-order valence-electron chi connectivity index (χ2n) is 3.70. The van der Waals surface area contributed by atoms with Crippen LogP contribution in [-0.4, -0.2) is 32.0 Å². The predicted molar refractivity (Wildman–Crippen MR) is 61.6 cm³/mol. The molecule has 0 aliphatic heterocycles. The Balaban J connectivity index is 2.65. The minimum atomic E-state index is -1.37. The number of carboxylic acids is 1. The van der Waals surface area contributed by atoms with Crippen molar-refractivity contribution in [3.8, 4) is 11.3 Å². The molecule has 1 aromatic carbocycles. The minimum Gasteiger partial charge on any atom is -0.476 e. The number of rotatable bonds is 4. The molecular formula is C11H9FN4O3. The fourth-order valence-corrected chi connectivity index (χ4v) is 1.64. The van der Waals surface area contributed by atoms with E-state index in [1.165, 1.54) is 24.3 Å². The van der Waals surface area contributed by atoms with Gasteiger partial charge in [0.15, 0.2) is 5.69 Å². The average Bonchev–Trinajstić information content (AvgIpc) is 2.72. The van der Waals surface area contributed by atoms with Crippen LogP contribution >= 0.6 is 0 Å². The first kappa shape index (κ1) is 12.7. The van der Waals surface area contributed by atoms with Crippen molar-refractivity contribution >= 4 is 11.9 Å². The van der Waals surface area contributed by atoms with Crippen LogP contribution in [0.5, 0.6) is 0 Å². The first-order valence-electron chi connectivity index (χ1n) is 5.20. The number of aromatic nitrogens is 3. The van der Waals surface area contributed by atoms with Crippen LogP contribution in [0.2, 0.25) is 0 Å². The zero-order valence-corrected chi connectivity index (χ0v) is 9.58. The summed E-state index contributed by atoms with van der Waals surface area (Å²) in [4.78, 5) is 22.0. The Morgan fingerprint density at radius 1 is 1.37 bits per heavy atom. The number of amides is 1. The highest BCUT2D eigenvalue weighted by Gasteiger charge is 2.23. The van der Waals surface area contributed by atoms with Crippen molar-refractivity contribution in [2.75, 3.05) is 0 Å². The Bertz CT molecular complexity index is 653. The van der Waals surface area contributed by atoms with Gasteiger partial charge in [-0.25, -0.2) is 13.9 Å². The molecule has 3 N–H and O–H groups in total. The Labute approximate surface area is 106 Å².